The Bertz CT molecular complexity index is 955. The van der Waals surface area contributed by atoms with Gasteiger partial charge in [0.05, 0.1) is 11.1 Å². The van der Waals surface area contributed by atoms with Gasteiger partial charge < -0.3 is 10.4 Å². The van der Waals surface area contributed by atoms with E-state index in [1.807, 2.05) is 6.20 Å². The molecule has 1 aromatic heterocycles. The van der Waals surface area contributed by atoms with Gasteiger partial charge in [-0.2, -0.15) is 5.10 Å². The number of aromatic nitrogens is 2. The van der Waals surface area contributed by atoms with Crippen molar-refractivity contribution in [2.24, 2.45) is 7.05 Å². The van der Waals surface area contributed by atoms with Crippen LogP contribution in [-0.4, -0.2) is 26.8 Å². The molecule has 0 fully saturated rings. The van der Waals surface area contributed by atoms with E-state index in [9.17, 15) is 14.0 Å². The van der Waals surface area contributed by atoms with Crippen LogP contribution in [0, 0.1) is 12.7 Å². The lowest BCUT2D eigenvalue weighted by molar-refractivity contribution is 0.0691. The number of fused-ring (bicyclic) bond motifs is 1. The molecule has 0 spiro atoms. The van der Waals surface area contributed by atoms with Crippen molar-refractivity contribution in [1.29, 1.82) is 0 Å². The highest BCUT2D eigenvalue weighted by Gasteiger charge is 2.16. The van der Waals surface area contributed by atoms with Crippen LogP contribution in [0.1, 0.15) is 26.3 Å². The Balaban J connectivity index is 1.89. The normalized spacial score (nSPS) is 10.8. The molecule has 0 aliphatic heterocycles. The average molecular weight is 327 g/mol. The summed E-state index contributed by atoms with van der Waals surface area (Å²) in [5.41, 5.74) is 1.08. The minimum atomic E-state index is -1.34. The molecule has 0 unspecified atom stereocenters. The number of carboxylic acid groups (broad SMARTS) is 1. The van der Waals surface area contributed by atoms with Crippen molar-refractivity contribution in [2.75, 3.05) is 5.32 Å². The first-order valence-electron chi connectivity index (χ1n) is 7.13. The van der Waals surface area contributed by atoms with Gasteiger partial charge in [0, 0.05) is 29.9 Å². The molecule has 0 saturated carbocycles. The lowest BCUT2D eigenvalue weighted by Gasteiger charge is -2.09. The Labute approximate surface area is 136 Å². The van der Waals surface area contributed by atoms with E-state index in [0.717, 1.165) is 11.5 Å². The van der Waals surface area contributed by atoms with Crippen LogP contribution < -0.4 is 5.32 Å². The smallest absolute Gasteiger partial charge is 0.338 e. The van der Waals surface area contributed by atoms with E-state index >= 15 is 0 Å². The fourth-order valence-electron chi connectivity index (χ4n) is 2.57. The number of anilines is 1. The summed E-state index contributed by atoms with van der Waals surface area (Å²) in [4.78, 5) is 23.3. The number of benzene rings is 2. The first-order valence-corrected chi connectivity index (χ1v) is 7.13. The van der Waals surface area contributed by atoms with Crippen molar-refractivity contribution in [2.45, 2.75) is 6.92 Å². The molecular weight excluding hydrogens is 313 g/mol. The number of aromatic carboxylic acids is 1. The highest BCUT2D eigenvalue weighted by atomic mass is 19.1. The predicted octanol–water partition coefficient (Wildman–Crippen LogP) is 2.97. The molecule has 2 aromatic carbocycles. The van der Waals surface area contributed by atoms with Crippen LogP contribution in [0.25, 0.3) is 10.9 Å². The fraction of sp³-hybridized carbons (Fsp3) is 0.118. The molecule has 6 nitrogen and oxygen atoms in total. The van der Waals surface area contributed by atoms with Gasteiger partial charge in [-0.15, -0.1) is 0 Å². The fourth-order valence-corrected chi connectivity index (χ4v) is 2.57. The summed E-state index contributed by atoms with van der Waals surface area (Å²) in [7, 11) is 1.79. The second-order valence-electron chi connectivity index (χ2n) is 5.49. The summed E-state index contributed by atoms with van der Waals surface area (Å²) in [5, 5.41) is 16.7. The third-order valence-electron chi connectivity index (χ3n) is 3.64. The largest absolute Gasteiger partial charge is 0.478 e. The molecule has 3 aromatic rings. The second-order valence-corrected chi connectivity index (χ2v) is 5.49. The summed E-state index contributed by atoms with van der Waals surface area (Å²) in [6, 6.07) is 7.47. The molecule has 122 valence electrons. The predicted molar refractivity (Wildman–Crippen MR) is 86.8 cm³/mol. The van der Waals surface area contributed by atoms with Crippen molar-refractivity contribution in [3.05, 3.63) is 59.0 Å². The van der Waals surface area contributed by atoms with Crippen LogP contribution in [0.15, 0.2) is 36.5 Å². The number of nitrogens with zero attached hydrogens (tertiary/aromatic N) is 2. The van der Waals surface area contributed by atoms with E-state index in [-0.39, 0.29) is 11.3 Å². The van der Waals surface area contributed by atoms with Crippen LogP contribution >= 0.6 is 0 Å². The quantitative estimate of drug-likeness (QED) is 0.774. The Kier molecular flexibility index (Phi) is 3.76. The van der Waals surface area contributed by atoms with E-state index in [4.69, 9.17) is 5.11 Å². The van der Waals surface area contributed by atoms with E-state index in [1.165, 1.54) is 13.0 Å². The Morgan fingerprint density at radius 2 is 2.00 bits per heavy atom. The zero-order chi connectivity index (χ0) is 17.4. The lowest BCUT2D eigenvalue weighted by Crippen LogP contribution is -2.13. The van der Waals surface area contributed by atoms with Crippen molar-refractivity contribution >= 4 is 28.5 Å². The molecule has 3 rings (SSSR count). The standard InChI is InChI=1S/C17H14FN3O3/c1-9-5-12(7-13(18)15(9)17(23)24)19-16(22)10-3-4-11-8-21(2)20-14(11)6-10/h3-8H,1-2H3,(H,19,22)(H,23,24). The number of nitrogens with one attached hydrogen (secondary N) is 1. The lowest BCUT2D eigenvalue weighted by atomic mass is 10.1. The number of rotatable bonds is 3. The Morgan fingerprint density at radius 1 is 1.25 bits per heavy atom. The van der Waals surface area contributed by atoms with Gasteiger partial charge >= 0.3 is 5.97 Å². The molecule has 0 aliphatic rings. The number of aryl methyl sites for hydroxylation is 2. The molecule has 0 saturated heterocycles. The first kappa shape index (κ1) is 15.7. The van der Waals surface area contributed by atoms with Crippen molar-refractivity contribution in [1.82, 2.24) is 9.78 Å². The maximum atomic E-state index is 13.9. The molecule has 2 N–H and O–H groups in total. The van der Waals surface area contributed by atoms with E-state index in [0.29, 0.717) is 11.1 Å². The third-order valence-corrected chi connectivity index (χ3v) is 3.64. The van der Waals surface area contributed by atoms with Gasteiger partial charge in [-0.1, -0.05) is 6.07 Å². The van der Waals surface area contributed by atoms with Crippen LogP contribution in [0.5, 0.6) is 0 Å². The van der Waals surface area contributed by atoms with Crippen LogP contribution in [0.2, 0.25) is 0 Å². The zero-order valence-electron chi connectivity index (χ0n) is 13.0. The highest BCUT2D eigenvalue weighted by molar-refractivity contribution is 6.06. The molecule has 0 aliphatic carbocycles. The van der Waals surface area contributed by atoms with Gasteiger partial charge in [-0.3, -0.25) is 9.48 Å². The van der Waals surface area contributed by atoms with E-state index < -0.39 is 23.3 Å². The molecule has 0 bridgehead atoms. The number of carboxylic acids is 1. The van der Waals surface area contributed by atoms with E-state index in [2.05, 4.69) is 10.4 Å². The zero-order valence-corrected chi connectivity index (χ0v) is 13.0. The van der Waals surface area contributed by atoms with Gasteiger partial charge in [0.2, 0.25) is 0 Å². The monoisotopic (exact) mass is 327 g/mol. The maximum absolute atomic E-state index is 13.9. The molecule has 1 heterocycles. The van der Waals surface area contributed by atoms with Gasteiger partial charge in [-0.25, -0.2) is 9.18 Å². The summed E-state index contributed by atoms with van der Waals surface area (Å²) >= 11 is 0. The summed E-state index contributed by atoms with van der Waals surface area (Å²) in [6.07, 6.45) is 1.83. The molecule has 24 heavy (non-hydrogen) atoms. The summed E-state index contributed by atoms with van der Waals surface area (Å²) < 4.78 is 15.5. The van der Waals surface area contributed by atoms with Gasteiger partial charge in [0.1, 0.15) is 5.82 Å². The molecule has 7 heteroatoms. The minimum Gasteiger partial charge on any atom is -0.478 e. The number of carbonyl (C=O) groups excluding carboxylic acids is 1. The number of hydrogen-bond donors (Lipinski definition) is 2. The number of halogens is 1. The topological polar surface area (TPSA) is 84.2 Å². The van der Waals surface area contributed by atoms with Gasteiger partial charge in [0.15, 0.2) is 0 Å². The minimum absolute atomic E-state index is 0.195. The molecular formula is C17H14FN3O3. The molecule has 0 atom stereocenters. The van der Waals surface area contributed by atoms with Gasteiger partial charge in [0.25, 0.3) is 5.91 Å². The van der Waals surface area contributed by atoms with Crippen LogP contribution in [-0.2, 0) is 7.05 Å². The average Bonchev–Trinajstić information content (AvgIpc) is 2.84. The molecule has 0 radical (unpaired) electrons. The summed E-state index contributed by atoms with van der Waals surface area (Å²) in [6.45, 7) is 1.47. The van der Waals surface area contributed by atoms with Crippen molar-refractivity contribution in [3.63, 3.8) is 0 Å². The Morgan fingerprint density at radius 3 is 2.67 bits per heavy atom. The maximum Gasteiger partial charge on any atom is 0.338 e. The second kappa shape index (κ2) is 5.77. The van der Waals surface area contributed by atoms with E-state index in [1.54, 1.807) is 29.9 Å². The van der Waals surface area contributed by atoms with Crippen LogP contribution in [0.4, 0.5) is 10.1 Å². The number of hydrogen-bond acceptors (Lipinski definition) is 3. The Hall–Kier alpha value is -3.22. The van der Waals surface area contributed by atoms with Crippen molar-refractivity contribution < 1.29 is 19.1 Å². The summed E-state index contributed by atoms with van der Waals surface area (Å²) in [5.74, 6) is -2.66. The third kappa shape index (κ3) is 2.83. The highest BCUT2D eigenvalue weighted by Crippen LogP contribution is 2.21. The van der Waals surface area contributed by atoms with Gasteiger partial charge in [-0.05, 0) is 36.8 Å². The number of carbonyl (C=O) groups is 2. The molecule has 1 amide bonds. The van der Waals surface area contributed by atoms with Crippen LogP contribution in [0.3, 0.4) is 0 Å². The number of amides is 1. The van der Waals surface area contributed by atoms with Crippen molar-refractivity contribution in [3.8, 4) is 0 Å². The SMILES string of the molecule is Cc1cc(NC(=O)c2ccc3cn(C)nc3c2)cc(F)c1C(=O)O. The first-order chi connectivity index (χ1) is 11.3.